The van der Waals surface area contributed by atoms with E-state index >= 15 is 0 Å². The van der Waals surface area contributed by atoms with Crippen LogP contribution < -0.4 is 5.32 Å². The third kappa shape index (κ3) is 2.68. The second-order valence-corrected chi connectivity index (χ2v) is 4.48. The molecule has 0 aliphatic carbocycles. The minimum atomic E-state index is -0.387. The second-order valence-electron chi connectivity index (χ2n) is 4.07. The van der Waals surface area contributed by atoms with Gasteiger partial charge < -0.3 is 5.32 Å². The van der Waals surface area contributed by atoms with Crippen molar-refractivity contribution in [2.75, 3.05) is 7.05 Å². The third-order valence-corrected chi connectivity index (χ3v) is 3.06. The lowest BCUT2D eigenvalue weighted by Crippen LogP contribution is -2.20. The standard InChI is InChI=1S/C12H14ClFN4/c1-15-11(6-8-7-18(2)17-16-8)9-4-3-5-10(13)12(9)14/h3-5,7,11,15H,6H2,1-2H3. The van der Waals surface area contributed by atoms with Crippen molar-refractivity contribution in [1.82, 2.24) is 20.3 Å². The van der Waals surface area contributed by atoms with Gasteiger partial charge in [-0.15, -0.1) is 5.10 Å². The lowest BCUT2D eigenvalue weighted by Gasteiger charge is -2.16. The third-order valence-electron chi connectivity index (χ3n) is 2.77. The maximum absolute atomic E-state index is 13.9. The number of halogens is 2. The smallest absolute Gasteiger partial charge is 0.146 e. The Morgan fingerprint density at radius 1 is 1.50 bits per heavy atom. The molecule has 1 atom stereocenters. The van der Waals surface area contributed by atoms with Crippen molar-refractivity contribution in [1.29, 1.82) is 0 Å². The molecule has 0 spiro atoms. The minimum absolute atomic E-state index is 0.131. The summed E-state index contributed by atoms with van der Waals surface area (Å²) in [5, 5.41) is 11.1. The lowest BCUT2D eigenvalue weighted by atomic mass is 10.0. The molecule has 1 heterocycles. The maximum Gasteiger partial charge on any atom is 0.146 e. The number of aryl methyl sites for hydroxylation is 1. The molecule has 2 rings (SSSR count). The minimum Gasteiger partial charge on any atom is -0.313 e. The molecule has 1 N–H and O–H groups in total. The second kappa shape index (κ2) is 5.46. The number of hydrogen-bond acceptors (Lipinski definition) is 3. The molecule has 2 aromatic rings. The van der Waals surface area contributed by atoms with Crippen LogP contribution in [-0.2, 0) is 13.5 Å². The van der Waals surface area contributed by atoms with E-state index in [9.17, 15) is 4.39 Å². The largest absolute Gasteiger partial charge is 0.313 e. The molecular formula is C12H14ClFN4. The Balaban J connectivity index is 2.25. The number of hydrogen-bond donors (Lipinski definition) is 1. The average molecular weight is 269 g/mol. The number of likely N-dealkylation sites (N-methyl/N-ethyl adjacent to an activating group) is 1. The van der Waals surface area contributed by atoms with Gasteiger partial charge >= 0.3 is 0 Å². The Hall–Kier alpha value is -1.46. The normalized spacial score (nSPS) is 12.7. The Labute approximate surface area is 110 Å². The van der Waals surface area contributed by atoms with E-state index in [2.05, 4.69) is 15.6 Å². The summed E-state index contributed by atoms with van der Waals surface area (Å²) in [6.07, 6.45) is 2.37. The summed E-state index contributed by atoms with van der Waals surface area (Å²) in [6.45, 7) is 0. The fourth-order valence-electron chi connectivity index (χ4n) is 1.86. The van der Waals surface area contributed by atoms with E-state index in [1.807, 2.05) is 6.20 Å². The van der Waals surface area contributed by atoms with Crippen LogP contribution in [0.4, 0.5) is 4.39 Å². The SMILES string of the molecule is CNC(Cc1cn(C)nn1)c1cccc(Cl)c1F. The Morgan fingerprint density at radius 3 is 2.89 bits per heavy atom. The molecule has 0 aliphatic heterocycles. The van der Waals surface area contributed by atoms with Gasteiger partial charge in [-0.25, -0.2) is 4.39 Å². The zero-order chi connectivity index (χ0) is 13.1. The van der Waals surface area contributed by atoms with Gasteiger partial charge in [0.1, 0.15) is 5.82 Å². The van der Waals surface area contributed by atoms with Gasteiger partial charge in [-0.1, -0.05) is 28.9 Å². The first-order valence-electron chi connectivity index (χ1n) is 5.58. The van der Waals surface area contributed by atoms with Crippen LogP contribution >= 0.6 is 11.6 Å². The van der Waals surface area contributed by atoms with E-state index < -0.39 is 0 Å². The summed E-state index contributed by atoms with van der Waals surface area (Å²) in [5.74, 6) is -0.387. The summed E-state index contributed by atoms with van der Waals surface area (Å²) < 4.78 is 15.6. The van der Waals surface area contributed by atoms with Crippen LogP contribution in [0.2, 0.25) is 5.02 Å². The molecule has 0 fully saturated rings. The molecule has 0 bridgehead atoms. The van der Waals surface area contributed by atoms with Gasteiger partial charge in [-0.05, 0) is 13.1 Å². The van der Waals surface area contributed by atoms with Gasteiger partial charge in [-0.2, -0.15) is 0 Å². The average Bonchev–Trinajstić information content (AvgIpc) is 2.76. The predicted octanol–water partition coefficient (Wildman–Crippen LogP) is 2.11. The van der Waals surface area contributed by atoms with E-state index in [4.69, 9.17) is 11.6 Å². The number of rotatable bonds is 4. The molecule has 0 saturated carbocycles. The number of nitrogens with zero attached hydrogens (tertiary/aromatic N) is 3. The van der Waals surface area contributed by atoms with Crippen LogP contribution in [0.25, 0.3) is 0 Å². The van der Waals surface area contributed by atoms with Gasteiger partial charge in [0.25, 0.3) is 0 Å². The molecule has 1 unspecified atom stereocenters. The summed E-state index contributed by atoms with van der Waals surface area (Å²) in [4.78, 5) is 0. The summed E-state index contributed by atoms with van der Waals surface area (Å²) in [7, 11) is 3.58. The molecule has 0 radical (unpaired) electrons. The molecule has 18 heavy (non-hydrogen) atoms. The number of benzene rings is 1. The maximum atomic E-state index is 13.9. The molecule has 1 aromatic heterocycles. The van der Waals surface area contributed by atoms with E-state index in [1.54, 1.807) is 30.9 Å². The van der Waals surface area contributed by atoms with E-state index in [0.29, 0.717) is 12.0 Å². The highest BCUT2D eigenvalue weighted by molar-refractivity contribution is 6.30. The molecule has 1 aromatic carbocycles. The van der Waals surface area contributed by atoms with Crippen LogP contribution in [0, 0.1) is 5.82 Å². The van der Waals surface area contributed by atoms with Crippen molar-refractivity contribution in [2.45, 2.75) is 12.5 Å². The fraction of sp³-hybridized carbons (Fsp3) is 0.333. The van der Waals surface area contributed by atoms with Gasteiger partial charge in [0.05, 0.1) is 10.7 Å². The summed E-state index contributed by atoms with van der Waals surface area (Å²) >= 11 is 5.79. The molecular weight excluding hydrogens is 255 g/mol. The fourth-order valence-corrected chi connectivity index (χ4v) is 2.04. The molecule has 0 amide bonds. The van der Waals surface area contributed by atoms with Crippen LogP contribution in [-0.4, -0.2) is 22.0 Å². The summed E-state index contributed by atoms with van der Waals surface area (Å²) in [5.41, 5.74) is 1.34. The van der Waals surface area contributed by atoms with Gasteiger partial charge in [-0.3, -0.25) is 4.68 Å². The zero-order valence-corrected chi connectivity index (χ0v) is 10.9. The van der Waals surface area contributed by atoms with Crippen molar-refractivity contribution in [3.63, 3.8) is 0 Å². The van der Waals surface area contributed by atoms with Gasteiger partial charge in [0, 0.05) is 31.3 Å². The first-order valence-corrected chi connectivity index (χ1v) is 5.96. The topological polar surface area (TPSA) is 42.7 Å². The molecule has 0 saturated heterocycles. The highest BCUT2D eigenvalue weighted by atomic mass is 35.5. The molecule has 96 valence electrons. The lowest BCUT2D eigenvalue weighted by molar-refractivity contribution is 0.530. The van der Waals surface area contributed by atoms with Crippen molar-refractivity contribution in [3.8, 4) is 0 Å². The first-order chi connectivity index (χ1) is 8.61. The predicted molar refractivity (Wildman–Crippen MR) is 67.9 cm³/mol. The molecule has 6 heteroatoms. The van der Waals surface area contributed by atoms with Crippen molar-refractivity contribution >= 4 is 11.6 Å². The molecule has 0 aliphatic rings. The van der Waals surface area contributed by atoms with E-state index in [0.717, 1.165) is 5.69 Å². The van der Waals surface area contributed by atoms with E-state index in [-0.39, 0.29) is 16.9 Å². The highest BCUT2D eigenvalue weighted by Gasteiger charge is 2.17. The van der Waals surface area contributed by atoms with Gasteiger partial charge in [0.2, 0.25) is 0 Å². The quantitative estimate of drug-likeness (QED) is 0.924. The highest BCUT2D eigenvalue weighted by Crippen LogP contribution is 2.25. The van der Waals surface area contributed by atoms with Crippen LogP contribution in [0.1, 0.15) is 17.3 Å². The monoisotopic (exact) mass is 268 g/mol. The first kappa shape index (κ1) is 13.0. The van der Waals surface area contributed by atoms with Crippen LogP contribution in [0.5, 0.6) is 0 Å². The van der Waals surface area contributed by atoms with Crippen LogP contribution in [0.15, 0.2) is 24.4 Å². The molecule has 4 nitrogen and oxygen atoms in total. The van der Waals surface area contributed by atoms with Crippen molar-refractivity contribution in [2.24, 2.45) is 7.05 Å². The Kier molecular flexibility index (Phi) is 3.93. The number of nitrogens with one attached hydrogen (secondary N) is 1. The Bertz CT molecular complexity index is 541. The van der Waals surface area contributed by atoms with Crippen molar-refractivity contribution < 1.29 is 4.39 Å². The summed E-state index contributed by atoms with van der Waals surface area (Å²) in [6, 6.07) is 4.82. The van der Waals surface area contributed by atoms with Crippen molar-refractivity contribution in [3.05, 3.63) is 46.5 Å². The van der Waals surface area contributed by atoms with E-state index in [1.165, 1.54) is 6.07 Å². The Morgan fingerprint density at radius 2 is 2.28 bits per heavy atom. The van der Waals surface area contributed by atoms with Crippen LogP contribution in [0.3, 0.4) is 0 Å². The van der Waals surface area contributed by atoms with Gasteiger partial charge in [0.15, 0.2) is 0 Å². The number of aromatic nitrogens is 3. The zero-order valence-electron chi connectivity index (χ0n) is 10.2.